The van der Waals surface area contributed by atoms with E-state index in [1.165, 1.54) is 0 Å². The van der Waals surface area contributed by atoms with E-state index < -0.39 is 15.7 Å². The molecule has 1 unspecified atom stereocenters. The fourth-order valence-electron chi connectivity index (χ4n) is 1.03. The van der Waals surface area contributed by atoms with Gasteiger partial charge in [0.2, 0.25) is 5.91 Å². The first-order valence-electron chi connectivity index (χ1n) is 4.08. The van der Waals surface area contributed by atoms with Gasteiger partial charge in [-0.3, -0.25) is 9.93 Å². The largest absolute Gasteiger partial charge is 0.355 e. The Bertz CT molecular complexity index is 213. The second kappa shape index (κ2) is 3.53. The minimum absolute atomic E-state index is 0.148. The van der Waals surface area contributed by atoms with Crippen molar-refractivity contribution < 1.29 is 9.00 Å². The molecule has 0 aromatic carbocycles. The monoisotopic (exact) mass is 190 g/mol. The summed E-state index contributed by atoms with van der Waals surface area (Å²) in [6.45, 7) is 2.61. The predicted octanol–water partition coefficient (Wildman–Crippen LogP) is -0.332. The molecule has 0 heterocycles. The van der Waals surface area contributed by atoms with Crippen LogP contribution in [0.1, 0.15) is 26.2 Å². The van der Waals surface area contributed by atoms with E-state index in [0.29, 0.717) is 19.4 Å². The number of nitrogens with two attached hydrogens (primary N) is 1. The van der Waals surface area contributed by atoms with Crippen molar-refractivity contribution >= 4 is 16.9 Å². The molecule has 0 bridgehead atoms. The molecule has 5 heteroatoms. The summed E-state index contributed by atoms with van der Waals surface area (Å²) < 4.78 is 10.2. The van der Waals surface area contributed by atoms with Crippen LogP contribution in [0.4, 0.5) is 0 Å². The first-order chi connectivity index (χ1) is 5.63. The van der Waals surface area contributed by atoms with Gasteiger partial charge in [-0.2, -0.15) is 0 Å². The molecule has 0 aromatic heterocycles. The standard InChI is InChI=1S/C7H14N2O2S/c1-2-5-9-6(10)7(3-4-7)12(8)11/h2-5,8H2,1H3,(H,9,10). The summed E-state index contributed by atoms with van der Waals surface area (Å²) in [6, 6.07) is 0. The maximum absolute atomic E-state index is 11.3. The van der Waals surface area contributed by atoms with E-state index >= 15 is 0 Å². The number of hydrogen-bond donors (Lipinski definition) is 2. The zero-order valence-electron chi connectivity index (χ0n) is 7.13. The van der Waals surface area contributed by atoms with Crippen LogP contribution in [0.2, 0.25) is 0 Å². The molecule has 1 saturated carbocycles. The molecule has 1 rings (SSSR count). The number of rotatable bonds is 4. The summed E-state index contributed by atoms with van der Waals surface area (Å²) in [5.74, 6) is -0.148. The quantitative estimate of drug-likeness (QED) is 0.637. The molecule has 70 valence electrons. The highest BCUT2D eigenvalue weighted by molar-refractivity contribution is 7.85. The molecule has 4 nitrogen and oxygen atoms in total. The van der Waals surface area contributed by atoms with E-state index in [-0.39, 0.29) is 5.91 Å². The molecule has 1 amide bonds. The van der Waals surface area contributed by atoms with E-state index in [1.54, 1.807) is 0 Å². The first-order valence-corrected chi connectivity index (χ1v) is 5.29. The Morgan fingerprint density at radius 3 is 2.58 bits per heavy atom. The topological polar surface area (TPSA) is 72.2 Å². The van der Waals surface area contributed by atoms with Gasteiger partial charge in [-0.05, 0) is 19.3 Å². The van der Waals surface area contributed by atoms with Gasteiger partial charge in [0.1, 0.15) is 15.7 Å². The van der Waals surface area contributed by atoms with Crippen LogP contribution in [-0.4, -0.2) is 21.4 Å². The lowest BCUT2D eigenvalue weighted by atomic mass is 10.3. The molecule has 0 aromatic rings. The molecule has 3 N–H and O–H groups in total. The van der Waals surface area contributed by atoms with Crippen LogP contribution in [0.5, 0.6) is 0 Å². The van der Waals surface area contributed by atoms with Gasteiger partial charge in [-0.15, -0.1) is 0 Å². The lowest BCUT2D eigenvalue weighted by Gasteiger charge is -2.10. The van der Waals surface area contributed by atoms with Crippen molar-refractivity contribution in [1.82, 2.24) is 5.32 Å². The van der Waals surface area contributed by atoms with E-state index in [2.05, 4.69) is 5.32 Å². The highest BCUT2D eigenvalue weighted by atomic mass is 32.2. The molecule has 1 aliphatic carbocycles. The van der Waals surface area contributed by atoms with Gasteiger partial charge < -0.3 is 5.32 Å². The van der Waals surface area contributed by atoms with Crippen LogP contribution in [0, 0.1) is 0 Å². The average molecular weight is 190 g/mol. The maximum atomic E-state index is 11.3. The Kier molecular flexibility index (Phi) is 2.85. The van der Waals surface area contributed by atoms with Crippen molar-refractivity contribution in [3.05, 3.63) is 0 Å². The smallest absolute Gasteiger partial charge is 0.240 e. The van der Waals surface area contributed by atoms with Crippen molar-refractivity contribution in [3.63, 3.8) is 0 Å². The molecule has 12 heavy (non-hydrogen) atoms. The van der Waals surface area contributed by atoms with Crippen LogP contribution in [0.15, 0.2) is 0 Å². The van der Waals surface area contributed by atoms with Crippen LogP contribution in [0.25, 0.3) is 0 Å². The van der Waals surface area contributed by atoms with E-state index in [9.17, 15) is 9.00 Å². The molecule has 0 aliphatic heterocycles. The average Bonchev–Trinajstić information content (AvgIpc) is 2.80. The van der Waals surface area contributed by atoms with Crippen LogP contribution >= 0.6 is 0 Å². The molecule has 0 spiro atoms. The number of hydrogen-bond acceptors (Lipinski definition) is 2. The van der Waals surface area contributed by atoms with Crippen molar-refractivity contribution in [2.75, 3.05) is 6.54 Å². The molecular weight excluding hydrogens is 176 g/mol. The Morgan fingerprint density at radius 1 is 1.67 bits per heavy atom. The Labute approximate surface area is 74.5 Å². The molecule has 0 saturated heterocycles. The van der Waals surface area contributed by atoms with Gasteiger partial charge in [-0.1, -0.05) is 6.92 Å². The highest BCUT2D eigenvalue weighted by Crippen LogP contribution is 2.40. The lowest BCUT2D eigenvalue weighted by Crippen LogP contribution is -2.42. The molecule has 1 atom stereocenters. The maximum Gasteiger partial charge on any atom is 0.240 e. The zero-order valence-corrected chi connectivity index (χ0v) is 7.95. The predicted molar refractivity (Wildman–Crippen MR) is 47.6 cm³/mol. The lowest BCUT2D eigenvalue weighted by molar-refractivity contribution is -0.121. The minimum Gasteiger partial charge on any atom is -0.355 e. The molecule has 0 radical (unpaired) electrons. The van der Waals surface area contributed by atoms with E-state index in [4.69, 9.17) is 5.14 Å². The van der Waals surface area contributed by atoms with E-state index in [1.807, 2.05) is 6.92 Å². The number of carbonyl (C=O) groups excluding carboxylic acids is 1. The van der Waals surface area contributed by atoms with Crippen LogP contribution in [-0.2, 0) is 15.8 Å². The van der Waals surface area contributed by atoms with Crippen LogP contribution < -0.4 is 10.5 Å². The zero-order chi connectivity index (χ0) is 9.19. The fourth-order valence-corrected chi connectivity index (χ4v) is 1.79. The number of nitrogens with one attached hydrogen (secondary N) is 1. The van der Waals surface area contributed by atoms with Gasteiger partial charge in [0.25, 0.3) is 0 Å². The number of carbonyl (C=O) groups is 1. The van der Waals surface area contributed by atoms with Gasteiger partial charge in [0, 0.05) is 6.54 Å². The summed E-state index contributed by atoms with van der Waals surface area (Å²) in [4.78, 5) is 11.3. The molecule has 1 aliphatic rings. The number of amides is 1. The summed E-state index contributed by atoms with van der Waals surface area (Å²) in [7, 11) is -1.51. The normalized spacial score (nSPS) is 21.5. The second-order valence-corrected chi connectivity index (χ2v) is 4.42. The highest BCUT2D eigenvalue weighted by Gasteiger charge is 2.54. The van der Waals surface area contributed by atoms with Gasteiger partial charge >= 0.3 is 0 Å². The summed E-state index contributed by atoms with van der Waals surface area (Å²) >= 11 is 0. The first kappa shape index (κ1) is 9.67. The third-order valence-electron chi connectivity index (χ3n) is 2.04. The summed E-state index contributed by atoms with van der Waals surface area (Å²) in [5, 5.41) is 7.92. The van der Waals surface area contributed by atoms with Crippen molar-refractivity contribution in [2.24, 2.45) is 5.14 Å². The Balaban J connectivity index is 2.47. The second-order valence-electron chi connectivity index (χ2n) is 3.05. The molecular formula is C7H14N2O2S. The third-order valence-corrected chi connectivity index (χ3v) is 3.40. The van der Waals surface area contributed by atoms with Crippen molar-refractivity contribution in [1.29, 1.82) is 0 Å². The van der Waals surface area contributed by atoms with Crippen LogP contribution in [0.3, 0.4) is 0 Å². The fraction of sp³-hybridized carbons (Fsp3) is 0.857. The van der Waals surface area contributed by atoms with Crippen molar-refractivity contribution in [2.45, 2.75) is 30.9 Å². The van der Waals surface area contributed by atoms with Gasteiger partial charge in [-0.25, -0.2) is 4.21 Å². The SMILES string of the molecule is CCCNC(=O)C1(S(N)=O)CC1. The Hall–Kier alpha value is -0.420. The van der Waals surface area contributed by atoms with E-state index in [0.717, 1.165) is 6.42 Å². The van der Waals surface area contributed by atoms with Gasteiger partial charge in [0.15, 0.2) is 0 Å². The minimum atomic E-state index is -1.51. The summed E-state index contributed by atoms with van der Waals surface area (Å²) in [6.07, 6.45) is 2.20. The Morgan fingerprint density at radius 2 is 2.25 bits per heavy atom. The summed E-state index contributed by atoms with van der Waals surface area (Å²) in [5.41, 5.74) is 0. The van der Waals surface area contributed by atoms with Gasteiger partial charge in [0.05, 0.1) is 0 Å². The third kappa shape index (κ3) is 1.67. The van der Waals surface area contributed by atoms with Crippen molar-refractivity contribution in [3.8, 4) is 0 Å². The molecule has 1 fully saturated rings.